The van der Waals surface area contributed by atoms with Crippen molar-refractivity contribution in [2.45, 2.75) is 26.9 Å². The molecule has 6 heteroatoms. The van der Waals surface area contributed by atoms with Gasteiger partial charge >= 0.3 is 5.97 Å². The third-order valence-electron chi connectivity index (χ3n) is 3.43. The van der Waals surface area contributed by atoms with E-state index in [0.717, 1.165) is 11.3 Å². The maximum Gasteiger partial charge on any atom is 0.347 e. The summed E-state index contributed by atoms with van der Waals surface area (Å²) in [6.45, 7) is 5.60. The van der Waals surface area contributed by atoms with Crippen molar-refractivity contribution in [3.63, 3.8) is 0 Å². The number of hydrogen-bond donors (Lipinski definition) is 1. The van der Waals surface area contributed by atoms with Gasteiger partial charge in [-0.3, -0.25) is 4.79 Å². The van der Waals surface area contributed by atoms with Crippen molar-refractivity contribution in [1.29, 1.82) is 0 Å². The van der Waals surface area contributed by atoms with Crippen molar-refractivity contribution in [2.75, 3.05) is 18.5 Å². The minimum atomic E-state index is -0.810. The van der Waals surface area contributed by atoms with Gasteiger partial charge in [-0.25, -0.2) is 4.79 Å². The molecule has 1 atom stereocenters. The van der Waals surface area contributed by atoms with Crippen LogP contribution in [-0.4, -0.2) is 31.2 Å². The Morgan fingerprint density at radius 3 is 2.46 bits per heavy atom. The number of aryl methyl sites for hydroxylation is 1. The highest BCUT2D eigenvalue weighted by molar-refractivity contribution is 5.93. The van der Waals surface area contributed by atoms with Crippen molar-refractivity contribution in [3.05, 3.63) is 54.1 Å². The monoisotopic (exact) mass is 357 g/mol. The van der Waals surface area contributed by atoms with Gasteiger partial charge < -0.3 is 19.5 Å². The van der Waals surface area contributed by atoms with Crippen LogP contribution in [0, 0.1) is 6.92 Å². The molecule has 0 aliphatic carbocycles. The highest BCUT2D eigenvalue weighted by Gasteiger charge is 2.18. The van der Waals surface area contributed by atoms with E-state index in [1.54, 1.807) is 37.3 Å². The van der Waals surface area contributed by atoms with E-state index in [9.17, 15) is 9.59 Å². The van der Waals surface area contributed by atoms with Crippen molar-refractivity contribution in [2.24, 2.45) is 0 Å². The van der Waals surface area contributed by atoms with Gasteiger partial charge in [-0.15, -0.1) is 0 Å². The number of anilines is 1. The fourth-order valence-electron chi connectivity index (χ4n) is 2.19. The smallest absolute Gasteiger partial charge is 0.347 e. The number of rotatable bonds is 8. The van der Waals surface area contributed by atoms with Crippen LogP contribution in [0.15, 0.2) is 48.5 Å². The molecule has 0 spiro atoms. The first-order valence-electron chi connectivity index (χ1n) is 8.40. The highest BCUT2D eigenvalue weighted by atomic mass is 16.6. The summed E-state index contributed by atoms with van der Waals surface area (Å²) in [5.41, 5.74) is 1.62. The van der Waals surface area contributed by atoms with Crippen LogP contribution in [0.2, 0.25) is 0 Å². The summed E-state index contributed by atoms with van der Waals surface area (Å²) in [7, 11) is 0. The Hall–Kier alpha value is -3.02. The number of amides is 1. The fourth-order valence-corrected chi connectivity index (χ4v) is 2.19. The summed E-state index contributed by atoms with van der Waals surface area (Å²) in [6.07, 6.45) is -0.810. The molecule has 1 N–H and O–H groups in total. The van der Waals surface area contributed by atoms with E-state index >= 15 is 0 Å². The number of benzene rings is 2. The number of esters is 1. The van der Waals surface area contributed by atoms with Crippen LogP contribution >= 0.6 is 0 Å². The predicted molar refractivity (Wildman–Crippen MR) is 98.5 cm³/mol. The first-order valence-corrected chi connectivity index (χ1v) is 8.40. The number of ether oxygens (including phenoxy) is 3. The van der Waals surface area contributed by atoms with E-state index in [-0.39, 0.29) is 6.61 Å². The molecule has 0 bridgehead atoms. The molecule has 2 aromatic carbocycles. The maximum atomic E-state index is 12.0. The Kier molecular flexibility index (Phi) is 7.02. The molecule has 0 aliphatic heterocycles. The molecular formula is C20H23NO5. The maximum absolute atomic E-state index is 12.0. The lowest BCUT2D eigenvalue weighted by atomic mass is 10.2. The summed E-state index contributed by atoms with van der Waals surface area (Å²) in [4.78, 5) is 23.9. The molecule has 0 aromatic heterocycles. The number of carbonyl (C=O) groups is 2. The summed E-state index contributed by atoms with van der Waals surface area (Å²) < 4.78 is 15.9. The molecule has 26 heavy (non-hydrogen) atoms. The summed E-state index contributed by atoms with van der Waals surface area (Å²) in [5, 5.41) is 2.65. The van der Waals surface area contributed by atoms with Crippen LogP contribution in [0.4, 0.5) is 5.69 Å². The average Bonchev–Trinajstić information content (AvgIpc) is 2.61. The van der Waals surface area contributed by atoms with Crippen LogP contribution in [0.3, 0.4) is 0 Å². The Morgan fingerprint density at radius 1 is 1.08 bits per heavy atom. The van der Waals surface area contributed by atoms with Gasteiger partial charge in [-0.1, -0.05) is 12.1 Å². The van der Waals surface area contributed by atoms with Crippen LogP contribution in [-0.2, 0) is 14.3 Å². The van der Waals surface area contributed by atoms with Crippen LogP contribution in [0.1, 0.15) is 19.4 Å². The van der Waals surface area contributed by atoms with Gasteiger partial charge in [-0.05, 0) is 62.7 Å². The lowest BCUT2D eigenvalue weighted by molar-refractivity contribution is -0.153. The molecule has 6 nitrogen and oxygen atoms in total. The second-order valence-electron chi connectivity index (χ2n) is 5.69. The zero-order chi connectivity index (χ0) is 18.9. The third kappa shape index (κ3) is 6.12. The Labute approximate surface area is 153 Å². The molecule has 0 fully saturated rings. The van der Waals surface area contributed by atoms with Gasteiger partial charge in [0.15, 0.2) is 12.7 Å². The van der Waals surface area contributed by atoms with Gasteiger partial charge in [0.2, 0.25) is 0 Å². The highest BCUT2D eigenvalue weighted by Crippen LogP contribution is 2.16. The van der Waals surface area contributed by atoms with E-state index in [2.05, 4.69) is 5.32 Å². The molecule has 0 aliphatic rings. The van der Waals surface area contributed by atoms with E-state index < -0.39 is 18.0 Å². The number of carbonyl (C=O) groups excluding carboxylic acids is 2. The van der Waals surface area contributed by atoms with E-state index in [1.165, 1.54) is 0 Å². The van der Waals surface area contributed by atoms with Gasteiger partial charge in [0.1, 0.15) is 11.5 Å². The van der Waals surface area contributed by atoms with Gasteiger partial charge in [0.25, 0.3) is 5.91 Å². The summed E-state index contributed by atoms with van der Waals surface area (Å²) in [5.74, 6) is 0.269. The molecule has 2 rings (SSSR count). The van der Waals surface area contributed by atoms with Gasteiger partial charge in [0, 0.05) is 5.69 Å². The largest absolute Gasteiger partial charge is 0.494 e. The lowest BCUT2D eigenvalue weighted by Gasteiger charge is -2.14. The Morgan fingerprint density at radius 2 is 1.81 bits per heavy atom. The fraction of sp³-hybridized carbons (Fsp3) is 0.300. The number of hydrogen-bond acceptors (Lipinski definition) is 5. The molecule has 2 aromatic rings. The predicted octanol–water partition coefficient (Wildman–Crippen LogP) is 3.34. The topological polar surface area (TPSA) is 73.9 Å². The van der Waals surface area contributed by atoms with E-state index in [1.807, 2.05) is 32.0 Å². The second-order valence-corrected chi connectivity index (χ2v) is 5.69. The molecule has 1 amide bonds. The summed E-state index contributed by atoms with van der Waals surface area (Å²) in [6, 6.07) is 14.3. The van der Waals surface area contributed by atoms with Gasteiger partial charge in [0.05, 0.1) is 6.61 Å². The van der Waals surface area contributed by atoms with Crippen molar-refractivity contribution in [3.8, 4) is 11.5 Å². The number of nitrogens with one attached hydrogen (secondary N) is 1. The molecule has 0 radical (unpaired) electrons. The Bertz CT molecular complexity index is 742. The van der Waals surface area contributed by atoms with E-state index in [0.29, 0.717) is 18.0 Å². The first kappa shape index (κ1) is 19.3. The zero-order valence-corrected chi connectivity index (χ0v) is 15.2. The van der Waals surface area contributed by atoms with Crippen LogP contribution in [0.25, 0.3) is 0 Å². The first-order chi connectivity index (χ1) is 12.5. The van der Waals surface area contributed by atoms with Crippen molar-refractivity contribution < 1.29 is 23.8 Å². The van der Waals surface area contributed by atoms with Crippen molar-refractivity contribution in [1.82, 2.24) is 0 Å². The minimum Gasteiger partial charge on any atom is -0.494 e. The second kappa shape index (κ2) is 9.46. The molecule has 0 saturated carbocycles. The lowest BCUT2D eigenvalue weighted by Crippen LogP contribution is -2.29. The molecule has 0 saturated heterocycles. The molecule has 138 valence electrons. The SMILES string of the molecule is CCOc1ccc(NC(=O)COC(=O)[C@@H](C)Oc2cccc(C)c2)cc1. The van der Waals surface area contributed by atoms with Crippen LogP contribution in [0.5, 0.6) is 11.5 Å². The van der Waals surface area contributed by atoms with E-state index in [4.69, 9.17) is 14.2 Å². The molecular weight excluding hydrogens is 334 g/mol. The summed E-state index contributed by atoms with van der Waals surface area (Å²) >= 11 is 0. The van der Waals surface area contributed by atoms with Gasteiger partial charge in [-0.2, -0.15) is 0 Å². The Balaban J connectivity index is 1.77. The molecule has 0 heterocycles. The minimum absolute atomic E-state index is 0.381. The van der Waals surface area contributed by atoms with Crippen LogP contribution < -0.4 is 14.8 Å². The zero-order valence-electron chi connectivity index (χ0n) is 15.2. The standard InChI is InChI=1S/C20H23NO5/c1-4-24-17-10-8-16(9-11-17)21-19(22)13-25-20(23)15(3)26-18-7-5-6-14(2)12-18/h5-12,15H,4,13H2,1-3H3,(H,21,22)/t15-/m1/s1. The quantitative estimate of drug-likeness (QED) is 0.734. The average molecular weight is 357 g/mol. The van der Waals surface area contributed by atoms with Crippen molar-refractivity contribution >= 4 is 17.6 Å². The molecule has 0 unspecified atom stereocenters. The third-order valence-corrected chi connectivity index (χ3v) is 3.43. The normalized spacial score (nSPS) is 11.3.